The van der Waals surface area contributed by atoms with Crippen LogP contribution in [0.2, 0.25) is 0 Å². The van der Waals surface area contributed by atoms with E-state index < -0.39 is 0 Å². The zero-order valence-electron chi connectivity index (χ0n) is 9.66. The summed E-state index contributed by atoms with van der Waals surface area (Å²) in [4.78, 5) is 11.8. The normalized spacial score (nSPS) is 18.8. The highest BCUT2D eigenvalue weighted by Gasteiger charge is 2.24. The van der Waals surface area contributed by atoms with Crippen molar-refractivity contribution in [2.75, 3.05) is 26.0 Å². The van der Waals surface area contributed by atoms with E-state index in [-0.39, 0.29) is 11.8 Å². The fourth-order valence-corrected chi connectivity index (χ4v) is 1.94. The molecule has 86 valence electrons. The minimum Gasteiger partial charge on any atom is -0.384 e. The van der Waals surface area contributed by atoms with Gasteiger partial charge in [0.05, 0.1) is 5.92 Å². The number of hydrogen-bond donors (Lipinski definition) is 2. The van der Waals surface area contributed by atoms with Crippen molar-refractivity contribution in [3.05, 3.63) is 29.8 Å². The van der Waals surface area contributed by atoms with Gasteiger partial charge < -0.3 is 5.32 Å². The van der Waals surface area contributed by atoms with E-state index in [1.807, 2.05) is 26.2 Å². The lowest BCUT2D eigenvalue weighted by atomic mass is 9.93. The number of carbonyl (C=O) groups excluding carboxylic acids is 1. The molecule has 0 aliphatic carbocycles. The van der Waals surface area contributed by atoms with Crippen LogP contribution in [0, 0.1) is 5.92 Å². The number of hydrazine groups is 1. The van der Waals surface area contributed by atoms with E-state index in [4.69, 9.17) is 0 Å². The molecule has 1 atom stereocenters. The van der Waals surface area contributed by atoms with Crippen LogP contribution >= 0.6 is 0 Å². The third-order valence-electron chi connectivity index (χ3n) is 2.73. The lowest BCUT2D eigenvalue weighted by Crippen LogP contribution is -2.44. The summed E-state index contributed by atoms with van der Waals surface area (Å²) < 4.78 is 0. The first-order chi connectivity index (χ1) is 7.66. The summed E-state index contributed by atoms with van der Waals surface area (Å²) in [5.41, 5.74) is 5.16. The number of rotatable bonds is 2. The van der Waals surface area contributed by atoms with Gasteiger partial charge in [-0.2, -0.15) is 0 Å². The monoisotopic (exact) mass is 219 g/mol. The van der Waals surface area contributed by atoms with Crippen LogP contribution in [0.5, 0.6) is 0 Å². The van der Waals surface area contributed by atoms with Gasteiger partial charge in [0, 0.05) is 26.3 Å². The summed E-state index contributed by atoms with van der Waals surface area (Å²) in [5.74, 6) is 0.0873. The Bertz CT molecular complexity index is 390. The third kappa shape index (κ3) is 2.33. The Hall–Kier alpha value is -1.55. The molecule has 1 aliphatic rings. The summed E-state index contributed by atoms with van der Waals surface area (Å²) in [6, 6.07) is 8.13. The number of hydrogen-bond acceptors (Lipinski definition) is 3. The molecule has 1 aromatic carbocycles. The Balaban J connectivity index is 2.05. The Kier molecular flexibility index (Phi) is 3.10. The molecule has 0 saturated carbocycles. The number of anilines is 1. The molecule has 4 nitrogen and oxygen atoms in total. The smallest absolute Gasteiger partial charge is 0.239 e. The molecule has 2 rings (SSSR count). The first-order valence-corrected chi connectivity index (χ1v) is 5.46. The maximum atomic E-state index is 11.8. The van der Waals surface area contributed by atoms with Crippen molar-refractivity contribution < 1.29 is 4.79 Å². The second-order valence-electron chi connectivity index (χ2n) is 4.31. The molecule has 2 N–H and O–H groups in total. The molecule has 4 heteroatoms. The molecule has 16 heavy (non-hydrogen) atoms. The summed E-state index contributed by atoms with van der Waals surface area (Å²) in [7, 11) is 3.64. The lowest BCUT2D eigenvalue weighted by molar-refractivity contribution is -0.128. The maximum absolute atomic E-state index is 11.8. The standard InChI is InChI=1S/C12H17N3O/c1-15(2)14-12(16)10-7-9-5-3-4-6-11(9)13-8-10/h3-6,10,13H,7-8H2,1-2H3,(H,14,16). The van der Waals surface area contributed by atoms with Crippen LogP contribution < -0.4 is 10.7 Å². The van der Waals surface area contributed by atoms with Crippen LogP contribution in [-0.4, -0.2) is 31.6 Å². The molecule has 0 bridgehead atoms. The van der Waals surface area contributed by atoms with Crippen LogP contribution in [0.25, 0.3) is 0 Å². The van der Waals surface area contributed by atoms with Crippen molar-refractivity contribution in [2.24, 2.45) is 5.92 Å². The van der Waals surface area contributed by atoms with Crippen molar-refractivity contribution >= 4 is 11.6 Å². The van der Waals surface area contributed by atoms with Crippen LogP contribution in [0.15, 0.2) is 24.3 Å². The molecule has 0 fully saturated rings. The minimum absolute atomic E-state index is 0.0114. The Morgan fingerprint density at radius 2 is 2.19 bits per heavy atom. The first-order valence-electron chi connectivity index (χ1n) is 5.46. The Labute approximate surface area is 95.6 Å². The average molecular weight is 219 g/mol. The number of amides is 1. The van der Waals surface area contributed by atoms with E-state index in [0.29, 0.717) is 6.54 Å². The number of fused-ring (bicyclic) bond motifs is 1. The van der Waals surface area contributed by atoms with E-state index in [2.05, 4.69) is 22.9 Å². The van der Waals surface area contributed by atoms with Crippen molar-refractivity contribution in [1.82, 2.24) is 10.4 Å². The molecule has 0 aromatic heterocycles. The number of carbonyl (C=O) groups is 1. The third-order valence-corrected chi connectivity index (χ3v) is 2.73. The van der Waals surface area contributed by atoms with E-state index >= 15 is 0 Å². The predicted octanol–water partition coefficient (Wildman–Crippen LogP) is 0.864. The second kappa shape index (κ2) is 4.53. The van der Waals surface area contributed by atoms with Crippen molar-refractivity contribution in [3.63, 3.8) is 0 Å². The molecule has 1 heterocycles. The Morgan fingerprint density at radius 1 is 1.44 bits per heavy atom. The Morgan fingerprint density at radius 3 is 2.94 bits per heavy atom. The fraction of sp³-hybridized carbons (Fsp3) is 0.417. The molecular weight excluding hydrogens is 202 g/mol. The van der Waals surface area contributed by atoms with Gasteiger partial charge in [-0.1, -0.05) is 18.2 Å². The van der Waals surface area contributed by atoms with Gasteiger partial charge in [-0.25, -0.2) is 5.01 Å². The lowest BCUT2D eigenvalue weighted by Gasteiger charge is -2.26. The molecule has 1 unspecified atom stereocenters. The van der Waals surface area contributed by atoms with Crippen molar-refractivity contribution in [3.8, 4) is 0 Å². The summed E-state index contributed by atoms with van der Waals surface area (Å²) in [6.45, 7) is 0.705. The van der Waals surface area contributed by atoms with Crippen LogP contribution in [-0.2, 0) is 11.2 Å². The highest BCUT2D eigenvalue weighted by Crippen LogP contribution is 2.24. The van der Waals surface area contributed by atoms with E-state index in [1.165, 1.54) is 5.56 Å². The van der Waals surface area contributed by atoms with Gasteiger partial charge in [0.1, 0.15) is 0 Å². The number of para-hydroxylation sites is 1. The average Bonchev–Trinajstić information content (AvgIpc) is 2.27. The molecule has 0 radical (unpaired) electrons. The number of nitrogens with one attached hydrogen (secondary N) is 2. The van der Waals surface area contributed by atoms with Crippen molar-refractivity contribution in [1.29, 1.82) is 0 Å². The molecule has 1 amide bonds. The minimum atomic E-state index is 0.0114. The largest absolute Gasteiger partial charge is 0.384 e. The zero-order valence-corrected chi connectivity index (χ0v) is 9.66. The van der Waals surface area contributed by atoms with Gasteiger partial charge in [0.25, 0.3) is 0 Å². The van der Waals surface area contributed by atoms with Crippen LogP contribution in [0.4, 0.5) is 5.69 Å². The second-order valence-corrected chi connectivity index (χ2v) is 4.31. The quantitative estimate of drug-likeness (QED) is 0.725. The molecule has 1 aromatic rings. The zero-order chi connectivity index (χ0) is 11.5. The van der Waals surface area contributed by atoms with Gasteiger partial charge in [-0.05, 0) is 18.1 Å². The van der Waals surface area contributed by atoms with Gasteiger partial charge >= 0.3 is 0 Å². The molecule has 0 saturated heterocycles. The predicted molar refractivity (Wildman–Crippen MR) is 64.0 cm³/mol. The van der Waals surface area contributed by atoms with Gasteiger partial charge in [-0.3, -0.25) is 10.2 Å². The summed E-state index contributed by atoms with van der Waals surface area (Å²) in [5, 5.41) is 4.97. The number of nitrogens with zero attached hydrogens (tertiary/aromatic N) is 1. The van der Waals surface area contributed by atoms with E-state index in [1.54, 1.807) is 5.01 Å². The van der Waals surface area contributed by atoms with Gasteiger partial charge in [0.15, 0.2) is 0 Å². The summed E-state index contributed by atoms with van der Waals surface area (Å²) in [6.07, 6.45) is 0.808. The van der Waals surface area contributed by atoms with Crippen molar-refractivity contribution in [2.45, 2.75) is 6.42 Å². The molecule has 1 aliphatic heterocycles. The van der Waals surface area contributed by atoms with Crippen LogP contribution in [0.3, 0.4) is 0 Å². The highest BCUT2D eigenvalue weighted by atomic mass is 16.2. The van der Waals surface area contributed by atoms with Gasteiger partial charge in [-0.15, -0.1) is 0 Å². The molecule has 0 spiro atoms. The SMILES string of the molecule is CN(C)NC(=O)C1CNc2ccccc2C1. The van der Waals surface area contributed by atoms with Gasteiger partial charge in [0.2, 0.25) is 5.91 Å². The highest BCUT2D eigenvalue weighted by molar-refractivity contribution is 5.80. The molecular formula is C12H17N3O. The maximum Gasteiger partial charge on any atom is 0.239 e. The first kappa shape index (κ1) is 11.0. The van der Waals surface area contributed by atoms with E-state index in [9.17, 15) is 4.79 Å². The number of benzene rings is 1. The van der Waals surface area contributed by atoms with E-state index in [0.717, 1.165) is 12.1 Å². The topological polar surface area (TPSA) is 44.4 Å². The summed E-state index contributed by atoms with van der Waals surface area (Å²) >= 11 is 0. The van der Waals surface area contributed by atoms with Crippen LogP contribution in [0.1, 0.15) is 5.56 Å². The fourth-order valence-electron chi connectivity index (χ4n) is 1.94.